The van der Waals surface area contributed by atoms with Crippen molar-refractivity contribution in [1.82, 2.24) is 5.32 Å². The molecule has 1 rings (SSSR count). The van der Waals surface area contributed by atoms with Crippen molar-refractivity contribution in [3.05, 3.63) is 20.8 Å². The second kappa shape index (κ2) is 5.34. The molecule has 1 unspecified atom stereocenters. The van der Waals surface area contributed by atoms with Crippen LogP contribution in [0.5, 0.6) is 0 Å². The van der Waals surface area contributed by atoms with Crippen LogP contribution in [0.3, 0.4) is 0 Å². The number of hydrogen-bond acceptors (Lipinski definition) is 3. The summed E-state index contributed by atoms with van der Waals surface area (Å²) in [7, 11) is 0. The first-order chi connectivity index (χ1) is 6.94. The van der Waals surface area contributed by atoms with Crippen molar-refractivity contribution < 1.29 is 13.9 Å². The maximum Gasteiger partial charge on any atom is 0.282 e. The van der Waals surface area contributed by atoms with Gasteiger partial charge in [0, 0.05) is 20.8 Å². The molecule has 15 heavy (non-hydrogen) atoms. The molecule has 0 radical (unpaired) electrons. The minimum Gasteiger partial charge on any atom is -0.390 e. The zero-order chi connectivity index (χ0) is 11.5. The lowest BCUT2D eigenvalue weighted by molar-refractivity contribution is -0.0490. The van der Waals surface area contributed by atoms with Crippen LogP contribution in [-0.2, 0) is 0 Å². The number of nitrogens with one attached hydrogen (secondary N) is 1. The van der Waals surface area contributed by atoms with Crippen molar-refractivity contribution in [2.45, 2.75) is 18.9 Å². The Bertz CT molecular complexity index is 319. The molecule has 6 heteroatoms. The highest BCUT2D eigenvalue weighted by Crippen LogP contribution is 2.25. The SMILES string of the molecule is CC(NCC(F)(F)CO)c1cc(Br)cs1. The molecular formula is C9H12BrF2NOS. The lowest BCUT2D eigenvalue weighted by Gasteiger charge is -2.17. The molecule has 2 N–H and O–H groups in total. The molecule has 0 aliphatic rings. The van der Waals surface area contributed by atoms with Gasteiger partial charge in [-0.15, -0.1) is 11.3 Å². The molecule has 86 valence electrons. The van der Waals surface area contributed by atoms with Crippen LogP contribution in [0.15, 0.2) is 15.9 Å². The standard InChI is InChI=1S/C9H12BrF2NOS/c1-6(8-2-7(10)3-15-8)13-4-9(11,12)5-14/h2-3,6,13-14H,4-5H2,1H3. The Morgan fingerprint density at radius 3 is 2.80 bits per heavy atom. The molecule has 0 saturated carbocycles. The van der Waals surface area contributed by atoms with E-state index in [4.69, 9.17) is 5.11 Å². The summed E-state index contributed by atoms with van der Waals surface area (Å²) < 4.78 is 26.4. The van der Waals surface area contributed by atoms with Gasteiger partial charge >= 0.3 is 0 Å². The van der Waals surface area contributed by atoms with Gasteiger partial charge in [0.15, 0.2) is 0 Å². The lowest BCUT2D eigenvalue weighted by atomic mass is 10.2. The first-order valence-corrected chi connectivity index (χ1v) is 6.08. The highest BCUT2D eigenvalue weighted by atomic mass is 79.9. The van der Waals surface area contributed by atoms with Gasteiger partial charge in [-0.25, -0.2) is 8.78 Å². The van der Waals surface area contributed by atoms with Gasteiger partial charge in [0.05, 0.1) is 6.54 Å². The molecular weight excluding hydrogens is 288 g/mol. The van der Waals surface area contributed by atoms with Crippen molar-refractivity contribution >= 4 is 27.3 Å². The summed E-state index contributed by atoms with van der Waals surface area (Å²) in [5.41, 5.74) is 0. The summed E-state index contributed by atoms with van der Waals surface area (Å²) in [4.78, 5) is 0.982. The van der Waals surface area contributed by atoms with E-state index in [1.165, 1.54) is 11.3 Å². The van der Waals surface area contributed by atoms with Crippen molar-refractivity contribution in [3.63, 3.8) is 0 Å². The summed E-state index contributed by atoms with van der Waals surface area (Å²) in [6.07, 6.45) is 0. The Labute approximate surface area is 99.4 Å². The zero-order valence-corrected chi connectivity index (χ0v) is 10.5. The molecule has 1 heterocycles. The van der Waals surface area contributed by atoms with E-state index in [0.29, 0.717) is 0 Å². The number of halogens is 3. The number of thiophene rings is 1. The summed E-state index contributed by atoms with van der Waals surface area (Å²) >= 11 is 4.80. The molecule has 0 aliphatic carbocycles. The molecule has 0 fully saturated rings. The largest absolute Gasteiger partial charge is 0.390 e. The zero-order valence-electron chi connectivity index (χ0n) is 8.14. The van der Waals surface area contributed by atoms with Gasteiger partial charge in [0.2, 0.25) is 0 Å². The van der Waals surface area contributed by atoms with Crippen LogP contribution in [0, 0.1) is 0 Å². The van der Waals surface area contributed by atoms with Gasteiger partial charge in [-0.1, -0.05) is 0 Å². The van der Waals surface area contributed by atoms with E-state index < -0.39 is 19.1 Å². The number of rotatable bonds is 5. The smallest absolute Gasteiger partial charge is 0.282 e. The van der Waals surface area contributed by atoms with E-state index >= 15 is 0 Å². The first-order valence-electron chi connectivity index (χ1n) is 4.40. The molecule has 0 amide bonds. The third kappa shape index (κ3) is 4.14. The molecule has 0 bridgehead atoms. The topological polar surface area (TPSA) is 32.3 Å². The van der Waals surface area contributed by atoms with Crippen LogP contribution in [0.4, 0.5) is 8.78 Å². The van der Waals surface area contributed by atoms with Gasteiger partial charge in [-0.05, 0) is 28.9 Å². The molecule has 0 aromatic carbocycles. The van der Waals surface area contributed by atoms with Crippen LogP contribution >= 0.6 is 27.3 Å². The fourth-order valence-corrected chi connectivity index (χ4v) is 2.49. The van der Waals surface area contributed by atoms with Gasteiger partial charge in [0.25, 0.3) is 5.92 Å². The molecule has 1 aromatic heterocycles. The Hall–Kier alpha value is -0.0400. The molecule has 1 atom stereocenters. The Balaban J connectivity index is 2.46. The van der Waals surface area contributed by atoms with Gasteiger partial charge in [-0.3, -0.25) is 0 Å². The van der Waals surface area contributed by atoms with E-state index in [0.717, 1.165) is 9.35 Å². The minimum atomic E-state index is -3.05. The third-order valence-electron chi connectivity index (χ3n) is 1.91. The number of aliphatic hydroxyl groups excluding tert-OH is 1. The second-order valence-electron chi connectivity index (χ2n) is 3.28. The van der Waals surface area contributed by atoms with Crippen LogP contribution in [0.2, 0.25) is 0 Å². The van der Waals surface area contributed by atoms with Crippen LogP contribution in [0.25, 0.3) is 0 Å². The monoisotopic (exact) mass is 299 g/mol. The van der Waals surface area contributed by atoms with E-state index in [9.17, 15) is 8.78 Å². The number of aliphatic hydroxyl groups is 1. The highest BCUT2D eigenvalue weighted by molar-refractivity contribution is 9.10. The maximum atomic E-state index is 12.7. The predicted octanol–water partition coefficient (Wildman–Crippen LogP) is 2.79. The van der Waals surface area contributed by atoms with E-state index in [1.54, 1.807) is 0 Å². The van der Waals surface area contributed by atoms with E-state index in [-0.39, 0.29) is 6.04 Å². The molecule has 0 spiro atoms. The Morgan fingerprint density at radius 2 is 2.33 bits per heavy atom. The summed E-state index contributed by atoms with van der Waals surface area (Å²) in [6, 6.07) is 1.75. The Kier molecular flexibility index (Phi) is 4.64. The van der Waals surface area contributed by atoms with Crippen molar-refractivity contribution in [2.75, 3.05) is 13.2 Å². The molecule has 1 aromatic rings. The summed E-state index contributed by atoms with van der Waals surface area (Å²) in [5, 5.41) is 13.0. The lowest BCUT2D eigenvalue weighted by Crippen LogP contribution is -2.36. The average molecular weight is 300 g/mol. The van der Waals surface area contributed by atoms with Crippen molar-refractivity contribution in [2.24, 2.45) is 0 Å². The van der Waals surface area contributed by atoms with Crippen molar-refractivity contribution in [1.29, 1.82) is 0 Å². The second-order valence-corrected chi connectivity index (χ2v) is 5.14. The summed E-state index contributed by atoms with van der Waals surface area (Å²) in [6.45, 7) is 0.173. The fourth-order valence-electron chi connectivity index (χ4n) is 1.01. The van der Waals surface area contributed by atoms with Crippen molar-refractivity contribution in [3.8, 4) is 0 Å². The predicted molar refractivity (Wildman–Crippen MR) is 60.5 cm³/mol. The average Bonchev–Trinajstić information content (AvgIpc) is 2.61. The summed E-state index contributed by atoms with van der Waals surface area (Å²) in [5.74, 6) is -3.05. The molecule has 0 saturated heterocycles. The van der Waals surface area contributed by atoms with E-state index in [1.807, 2.05) is 18.4 Å². The van der Waals surface area contributed by atoms with Gasteiger partial charge in [-0.2, -0.15) is 0 Å². The normalized spacial score (nSPS) is 14.2. The van der Waals surface area contributed by atoms with Crippen LogP contribution < -0.4 is 5.32 Å². The fraction of sp³-hybridized carbons (Fsp3) is 0.556. The number of alkyl halides is 2. The number of hydrogen-bond donors (Lipinski definition) is 2. The van der Waals surface area contributed by atoms with Gasteiger partial charge < -0.3 is 10.4 Å². The third-order valence-corrected chi connectivity index (χ3v) is 3.79. The Morgan fingerprint density at radius 1 is 1.67 bits per heavy atom. The molecule has 0 aliphatic heterocycles. The van der Waals surface area contributed by atoms with Gasteiger partial charge in [0.1, 0.15) is 6.61 Å². The molecule has 2 nitrogen and oxygen atoms in total. The van der Waals surface area contributed by atoms with E-state index in [2.05, 4.69) is 21.2 Å². The maximum absolute atomic E-state index is 12.7. The highest BCUT2D eigenvalue weighted by Gasteiger charge is 2.28. The quantitative estimate of drug-likeness (QED) is 0.876. The van der Waals surface area contributed by atoms with Crippen LogP contribution in [0.1, 0.15) is 17.8 Å². The van der Waals surface area contributed by atoms with Crippen LogP contribution in [-0.4, -0.2) is 24.2 Å². The minimum absolute atomic E-state index is 0.140. The first kappa shape index (κ1) is 13.0.